The van der Waals surface area contributed by atoms with Crippen LogP contribution in [-0.4, -0.2) is 22.2 Å². The van der Waals surface area contributed by atoms with E-state index in [-0.39, 0.29) is 0 Å². The van der Waals surface area contributed by atoms with E-state index in [4.69, 9.17) is 0 Å². The van der Waals surface area contributed by atoms with Crippen molar-refractivity contribution in [2.45, 2.75) is 43.7 Å². The molecule has 3 nitrogen and oxygen atoms in total. The van der Waals surface area contributed by atoms with Crippen molar-refractivity contribution in [1.29, 1.82) is 0 Å². The van der Waals surface area contributed by atoms with Crippen LogP contribution in [0.5, 0.6) is 0 Å². The van der Waals surface area contributed by atoms with Crippen molar-refractivity contribution in [1.82, 2.24) is 10.3 Å². The van der Waals surface area contributed by atoms with E-state index < -0.39 is 11.1 Å². The topological polar surface area (TPSA) is 45.1 Å². The van der Waals surface area contributed by atoms with E-state index in [1.807, 2.05) is 12.3 Å². The molecule has 1 saturated heterocycles. The predicted octanol–water partition coefficient (Wildman–Crippen LogP) is 1.91. The number of nitrogens with one attached hydrogen (secondary N) is 1. The molecule has 3 heteroatoms. The summed E-state index contributed by atoms with van der Waals surface area (Å²) in [5.41, 5.74) is 2.70. The van der Waals surface area contributed by atoms with Gasteiger partial charge in [-0.15, -0.1) is 0 Å². The number of aromatic nitrogens is 1. The summed E-state index contributed by atoms with van der Waals surface area (Å²) in [5, 5.41) is 15.0. The Hall–Kier alpha value is -1.19. The lowest BCUT2D eigenvalue weighted by Crippen LogP contribution is -2.69. The molecule has 0 saturated carbocycles. The van der Waals surface area contributed by atoms with Crippen LogP contribution < -0.4 is 5.32 Å². The molecule has 100 valence electrons. The van der Waals surface area contributed by atoms with E-state index in [2.05, 4.69) is 29.4 Å². The first-order valence-electron chi connectivity index (χ1n) is 7.26. The molecule has 1 fully saturated rings. The summed E-state index contributed by atoms with van der Waals surface area (Å²) >= 11 is 0. The van der Waals surface area contributed by atoms with Crippen LogP contribution >= 0.6 is 0 Å². The average Bonchev–Trinajstić information content (AvgIpc) is 2.39. The molecule has 2 heterocycles. The van der Waals surface area contributed by atoms with Crippen LogP contribution in [-0.2, 0) is 12.0 Å². The lowest BCUT2D eigenvalue weighted by molar-refractivity contribution is -0.119. The Kier molecular flexibility index (Phi) is 2.25. The fourth-order valence-electron chi connectivity index (χ4n) is 4.52. The third-order valence-corrected chi connectivity index (χ3v) is 5.28. The Balaban J connectivity index is 2.02. The van der Waals surface area contributed by atoms with E-state index in [9.17, 15) is 5.11 Å². The lowest BCUT2D eigenvalue weighted by Gasteiger charge is -2.59. The molecule has 2 aliphatic carbocycles. The van der Waals surface area contributed by atoms with Crippen molar-refractivity contribution in [3.63, 3.8) is 0 Å². The van der Waals surface area contributed by atoms with Crippen LogP contribution in [0.3, 0.4) is 0 Å². The molecule has 0 unspecified atom stereocenters. The first-order chi connectivity index (χ1) is 9.16. The van der Waals surface area contributed by atoms with Gasteiger partial charge in [0, 0.05) is 17.5 Å². The highest BCUT2D eigenvalue weighted by molar-refractivity contribution is 5.46. The zero-order chi connectivity index (χ0) is 13.1. The fourth-order valence-corrected chi connectivity index (χ4v) is 4.52. The highest BCUT2D eigenvalue weighted by Gasteiger charge is 2.60. The molecule has 0 spiro atoms. The van der Waals surface area contributed by atoms with Crippen LogP contribution in [0.1, 0.15) is 37.4 Å². The van der Waals surface area contributed by atoms with Gasteiger partial charge in [-0.05, 0) is 51.1 Å². The van der Waals surface area contributed by atoms with Gasteiger partial charge in [-0.3, -0.25) is 4.98 Å². The first kappa shape index (κ1) is 11.6. The Morgan fingerprint density at radius 1 is 1.42 bits per heavy atom. The van der Waals surface area contributed by atoms with Gasteiger partial charge in [-0.25, -0.2) is 0 Å². The SMILES string of the molecule is CC1=C[C@@]23NCCC[C@@]2(O)[C@@H](C1)Cc1ncccc13. The fraction of sp³-hybridized carbons (Fsp3) is 0.562. The number of piperidine rings is 1. The molecule has 0 amide bonds. The van der Waals surface area contributed by atoms with Gasteiger partial charge in [0.2, 0.25) is 0 Å². The number of nitrogens with zero attached hydrogens (tertiary/aromatic N) is 1. The zero-order valence-electron chi connectivity index (χ0n) is 11.3. The maximum absolute atomic E-state index is 11.4. The van der Waals surface area contributed by atoms with Crippen LogP contribution in [0.2, 0.25) is 0 Å². The predicted molar refractivity (Wildman–Crippen MR) is 73.7 cm³/mol. The van der Waals surface area contributed by atoms with Crippen LogP contribution in [0.25, 0.3) is 0 Å². The van der Waals surface area contributed by atoms with Gasteiger partial charge in [0.15, 0.2) is 0 Å². The molecule has 1 aromatic rings. The monoisotopic (exact) mass is 256 g/mol. The summed E-state index contributed by atoms with van der Waals surface area (Å²) in [5.74, 6) is 0.299. The van der Waals surface area contributed by atoms with Crippen molar-refractivity contribution >= 4 is 0 Å². The number of allylic oxidation sites excluding steroid dienone is 1. The van der Waals surface area contributed by atoms with Crippen molar-refractivity contribution in [2.24, 2.45) is 5.92 Å². The molecule has 0 radical (unpaired) electrons. The number of fused-ring (bicyclic) bond motifs is 1. The number of rotatable bonds is 0. The second kappa shape index (κ2) is 3.68. The van der Waals surface area contributed by atoms with Crippen molar-refractivity contribution in [3.05, 3.63) is 41.2 Å². The Bertz CT molecular complexity index is 568. The highest BCUT2D eigenvalue weighted by atomic mass is 16.3. The number of hydrogen-bond acceptors (Lipinski definition) is 3. The Labute approximate surface area is 113 Å². The lowest BCUT2D eigenvalue weighted by atomic mass is 9.54. The van der Waals surface area contributed by atoms with Gasteiger partial charge >= 0.3 is 0 Å². The quantitative estimate of drug-likeness (QED) is 0.697. The molecular formula is C16H20N2O. The summed E-state index contributed by atoms with van der Waals surface area (Å²) in [4.78, 5) is 4.56. The molecule has 3 aliphatic rings. The van der Waals surface area contributed by atoms with Gasteiger partial charge in [0.1, 0.15) is 0 Å². The normalized spacial score (nSPS) is 40.1. The van der Waals surface area contributed by atoms with Gasteiger partial charge in [0.25, 0.3) is 0 Å². The van der Waals surface area contributed by atoms with Crippen molar-refractivity contribution in [3.8, 4) is 0 Å². The van der Waals surface area contributed by atoms with Gasteiger partial charge in [0.05, 0.1) is 11.1 Å². The van der Waals surface area contributed by atoms with E-state index in [0.29, 0.717) is 5.92 Å². The molecule has 0 aromatic carbocycles. The number of pyridine rings is 1. The van der Waals surface area contributed by atoms with E-state index >= 15 is 0 Å². The van der Waals surface area contributed by atoms with E-state index in [1.54, 1.807) is 0 Å². The van der Waals surface area contributed by atoms with Crippen LogP contribution in [0.4, 0.5) is 0 Å². The summed E-state index contributed by atoms with van der Waals surface area (Å²) in [7, 11) is 0. The molecule has 19 heavy (non-hydrogen) atoms. The van der Waals surface area contributed by atoms with E-state index in [0.717, 1.165) is 37.9 Å². The van der Waals surface area contributed by atoms with Gasteiger partial charge in [-0.2, -0.15) is 0 Å². The number of hydrogen-bond donors (Lipinski definition) is 2. The minimum Gasteiger partial charge on any atom is -0.387 e. The minimum absolute atomic E-state index is 0.299. The first-order valence-corrected chi connectivity index (χ1v) is 7.26. The molecule has 4 rings (SSSR count). The molecule has 1 aromatic heterocycles. The third kappa shape index (κ3) is 1.32. The van der Waals surface area contributed by atoms with Crippen molar-refractivity contribution < 1.29 is 5.11 Å². The standard InChI is InChI=1S/C16H20N2O/c1-11-8-12-9-14-13(4-2-6-17-14)15(10-11)16(12,19)5-3-7-18-15/h2,4,6,10,12,18-19H,3,5,7-9H2,1H3/t12-,15-,16+/m0/s1. The molecule has 2 N–H and O–H groups in total. The maximum atomic E-state index is 11.4. The minimum atomic E-state index is -0.638. The molecular weight excluding hydrogens is 236 g/mol. The smallest absolute Gasteiger partial charge is 0.0942 e. The average molecular weight is 256 g/mol. The molecule has 1 aliphatic heterocycles. The van der Waals surface area contributed by atoms with Crippen LogP contribution in [0.15, 0.2) is 30.0 Å². The van der Waals surface area contributed by atoms with Gasteiger partial charge in [-0.1, -0.05) is 17.7 Å². The molecule has 3 atom stereocenters. The highest BCUT2D eigenvalue weighted by Crippen LogP contribution is 2.54. The van der Waals surface area contributed by atoms with Crippen LogP contribution in [0, 0.1) is 5.92 Å². The van der Waals surface area contributed by atoms with E-state index in [1.165, 1.54) is 11.1 Å². The summed E-state index contributed by atoms with van der Waals surface area (Å²) in [6.45, 7) is 3.15. The van der Waals surface area contributed by atoms with Gasteiger partial charge < -0.3 is 10.4 Å². The Morgan fingerprint density at radius 3 is 3.21 bits per heavy atom. The second-order valence-corrected chi connectivity index (χ2v) is 6.36. The third-order valence-electron chi connectivity index (χ3n) is 5.28. The zero-order valence-corrected chi connectivity index (χ0v) is 11.3. The summed E-state index contributed by atoms with van der Waals surface area (Å²) in [6, 6.07) is 4.12. The summed E-state index contributed by atoms with van der Waals surface area (Å²) in [6.07, 6.45) is 7.98. The summed E-state index contributed by atoms with van der Waals surface area (Å²) < 4.78 is 0. The largest absolute Gasteiger partial charge is 0.387 e. The molecule has 2 bridgehead atoms. The number of aliphatic hydroxyl groups is 1. The second-order valence-electron chi connectivity index (χ2n) is 6.36. The Morgan fingerprint density at radius 2 is 2.32 bits per heavy atom. The van der Waals surface area contributed by atoms with Crippen molar-refractivity contribution in [2.75, 3.05) is 6.54 Å². The maximum Gasteiger partial charge on any atom is 0.0942 e.